The maximum Gasteiger partial charge on any atom is 0.302 e. The zero-order valence-electron chi connectivity index (χ0n) is 30.9. The number of hydrogen-bond donors (Lipinski definition) is 1. The Balaban J connectivity index is 1.37. The molecule has 3 aliphatic rings. The number of nitrogens with zero attached hydrogens (tertiary/aromatic N) is 3. The first-order chi connectivity index (χ1) is 25.0. The van der Waals surface area contributed by atoms with Gasteiger partial charge in [-0.15, -0.1) is 0 Å². The summed E-state index contributed by atoms with van der Waals surface area (Å²) in [6.07, 6.45) is -7.84. The van der Waals surface area contributed by atoms with E-state index in [2.05, 4.69) is 10.0 Å². The van der Waals surface area contributed by atoms with Crippen molar-refractivity contribution in [2.45, 2.75) is 128 Å². The maximum absolute atomic E-state index is 12.0. The van der Waals surface area contributed by atoms with Crippen LogP contribution in [0.2, 0.25) is 0 Å². The monoisotopic (exact) mass is 727 g/mol. The molecule has 0 saturated carbocycles. The zero-order valence-corrected chi connectivity index (χ0v) is 30.9. The molecule has 0 spiro atoms. The number of aliphatic hydroxyl groups excluding tert-OH is 1. The van der Waals surface area contributed by atoms with Gasteiger partial charge in [0.1, 0.15) is 24.9 Å². The van der Waals surface area contributed by atoms with Crippen LogP contribution in [-0.2, 0) is 60.6 Å². The predicted molar refractivity (Wildman–Crippen MR) is 187 cm³/mol. The number of aliphatic hydroxyl groups is 1. The minimum atomic E-state index is -1.08. The van der Waals surface area contributed by atoms with Crippen LogP contribution in [0.1, 0.15) is 52.7 Å². The molecule has 5 rings (SSSR count). The van der Waals surface area contributed by atoms with E-state index in [4.69, 9.17) is 42.6 Å². The fraction of sp³-hybridized carbons (Fsp3) is 0.658. The molecular formula is C38H53N3O11. The molecule has 0 radical (unpaired) electrons. The highest BCUT2D eigenvalue weighted by atomic mass is 16.7. The Morgan fingerprint density at radius 1 is 0.750 bits per heavy atom. The van der Waals surface area contributed by atoms with Crippen molar-refractivity contribution in [3.05, 3.63) is 82.2 Å². The second kappa shape index (κ2) is 18.8. The highest BCUT2D eigenvalue weighted by Crippen LogP contribution is 2.39. The smallest absolute Gasteiger partial charge is 0.302 e. The predicted octanol–water partition coefficient (Wildman–Crippen LogP) is 5.30. The molecule has 6 unspecified atom stereocenters. The molecular weight excluding hydrogens is 674 g/mol. The first-order valence-corrected chi connectivity index (χ1v) is 18.0. The Morgan fingerprint density at radius 2 is 1.31 bits per heavy atom. The molecule has 2 aromatic rings. The fourth-order valence-electron chi connectivity index (χ4n) is 7.23. The van der Waals surface area contributed by atoms with Crippen molar-refractivity contribution in [3.8, 4) is 0 Å². The molecule has 0 aromatic heterocycles. The first kappa shape index (κ1) is 40.1. The Kier molecular flexibility index (Phi) is 14.4. The third-order valence-corrected chi connectivity index (χ3v) is 10.2. The molecule has 15 atom stereocenters. The van der Waals surface area contributed by atoms with Crippen molar-refractivity contribution < 1.29 is 52.5 Å². The molecule has 0 bridgehead atoms. The highest BCUT2D eigenvalue weighted by Gasteiger charge is 2.52. The molecule has 0 aliphatic carbocycles. The lowest BCUT2D eigenvalue weighted by Crippen LogP contribution is -2.62. The third-order valence-electron chi connectivity index (χ3n) is 10.2. The van der Waals surface area contributed by atoms with E-state index < -0.39 is 91.5 Å². The second-order valence-corrected chi connectivity index (χ2v) is 14.0. The summed E-state index contributed by atoms with van der Waals surface area (Å²) in [5.74, 6) is -1.66. The van der Waals surface area contributed by atoms with Crippen molar-refractivity contribution in [2.75, 3.05) is 13.7 Å². The summed E-state index contributed by atoms with van der Waals surface area (Å²) in [6, 6.07) is 18.6. The average molecular weight is 728 g/mol. The van der Waals surface area contributed by atoms with E-state index in [9.17, 15) is 15.4 Å². The number of azide groups is 1. The normalized spacial score (nSPS) is 37.9. The summed E-state index contributed by atoms with van der Waals surface area (Å²) in [6.45, 7) is 11.1. The summed E-state index contributed by atoms with van der Waals surface area (Å²) < 4.78 is 56.1. The molecule has 2 aromatic carbocycles. The molecule has 52 heavy (non-hydrogen) atoms. The summed E-state index contributed by atoms with van der Waals surface area (Å²) in [5, 5.41) is 15.2. The molecule has 3 heterocycles. The van der Waals surface area contributed by atoms with Gasteiger partial charge in [0.15, 0.2) is 18.9 Å². The van der Waals surface area contributed by atoms with Gasteiger partial charge < -0.3 is 47.7 Å². The quantitative estimate of drug-likeness (QED) is 0.116. The Labute approximate surface area is 305 Å². The van der Waals surface area contributed by atoms with Crippen LogP contribution in [0.4, 0.5) is 0 Å². The topological polar surface area (TPSA) is 169 Å². The van der Waals surface area contributed by atoms with E-state index in [-0.39, 0.29) is 12.5 Å². The molecule has 14 heteroatoms. The number of carbonyl (C=O) groups is 1. The number of ether oxygens (including phenoxy) is 9. The second-order valence-electron chi connectivity index (χ2n) is 14.0. The number of rotatable bonds is 14. The summed E-state index contributed by atoms with van der Waals surface area (Å²) in [7, 11) is 1.59. The van der Waals surface area contributed by atoms with Crippen LogP contribution in [-0.4, -0.2) is 98.5 Å². The van der Waals surface area contributed by atoms with Crippen LogP contribution in [0.15, 0.2) is 65.8 Å². The molecule has 286 valence electrons. The molecule has 0 amide bonds. The summed E-state index contributed by atoms with van der Waals surface area (Å²) in [4.78, 5) is 15.2. The van der Waals surface area contributed by atoms with Crippen LogP contribution in [0.5, 0.6) is 0 Å². The van der Waals surface area contributed by atoms with Gasteiger partial charge in [-0.1, -0.05) is 86.5 Å². The van der Waals surface area contributed by atoms with Crippen LogP contribution in [0, 0.1) is 17.8 Å². The lowest BCUT2D eigenvalue weighted by Gasteiger charge is -2.50. The van der Waals surface area contributed by atoms with Gasteiger partial charge in [0.2, 0.25) is 0 Å². The van der Waals surface area contributed by atoms with Crippen LogP contribution < -0.4 is 0 Å². The van der Waals surface area contributed by atoms with Gasteiger partial charge in [0.05, 0.1) is 49.8 Å². The van der Waals surface area contributed by atoms with Crippen LogP contribution >= 0.6 is 0 Å². The van der Waals surface area contributed by atoms with Gasteiger partial charge in [-0.3, -0.25) is 4.79 Å². The van der Waals surface area contributed by atoms with Gasteiger partial charge in [-0.2, -0.15) is 0 Å². The van der Waals surface area contributed by atoms with Gasteiger partial charge >= 0.3 is 5.97 Å². The lowest BCUT2D eigenvalue weighted by molar-refractivity contribution is -0.351. The van der Waals surface area contributed by atoms with E-state index in [0.717, 1.165) is 11.1 Å². The standard InChI is InChI=1S/C38H53N3O11/c1-21-30(40-41-39)38(52-35-25(5)49-36(44-7)23(3)34(35)47-19-28-16-12-9-13-17-28)50-29(20-45-26(6)42)32(21)51-37-22(2)33(31(43)24(4)48-37)46-18-27-14-10-8-11-15-27/h8-17,21-25,29-38,43H,18-20H2,1-7H3/t21-,22?,23?,24?,25?,29?,30?,31-,32+,33+,34+,35-,36-,37+,38-/m1/s1. The van der Waals surface area contributed by atoms with Crippen molar-refractivity contribution >= 4 is 5.97 Å². The van der Waals surface area contributed by atoms with Crippen molar-refractivity contribution in [1.29, 1.82) is 0 Å². The van der Waals surface area contributed by atoms with Crippen LogP contribution in [0.3, 0.4) is 0 Å². The number of carbonyl (C=O) groups excluding carboxylic acids is 1. The molecule has 3 saturated heterocycles. The lowest BCUT2D eigenvalue weighted by atomic mass is 9.87. The summed E-state index contributed by atoms with van der Waals surface area (Å²) in [5.41, 5.74) is 11.7. The minimum absolute atomic E-state index is 0.160. The number of benzene rings is 2. The number of esters is 1. The van der Waals surface area contributed by atoms with Gasteiger partial charge in [0.25, 0.3) is 0 Å². The Hall–Kier alpha value is -3.14. The zero-order chi connectivity index (χ0) is 37.4. The fourth-order valence-corrected chi connectivity index (χ4v) is 7.23. The van der Waals surface area contributed by atoms with E-state index >= 15 is 0 Å². The first-order valence-electron chi connectivity index (χ1n) is 18.0. The minimum Gasteiger partial charge on any atom is -0.463 e. The Morgan fingerprint density at radius 3 is 1.88 bits per heavy atom. The van der Waals surface area contributed by atoms with E-state index in [1.54, 1.807) is 14.0 Å². The largest absolute Gasteiger partial charge is 0.463 e. The molecule has 14 nitrogen and oxygen atoms in total. The van der Waals surface area contributed by atoms with E-state index in [1.807, 2.05) is 88.4 Å². The van der Waals surface area contributed by atoms with Crippen molar-refractivity contribution in [1.82, 2.24) is 0 Å². The van der Waals surface area contributed by atoms with E-state index in [0.29, 0.717) is 13.2 Å². The SMILES string of the molecule is CO[C@@H]1OC(C)[C@@H](O[C@H]2OC(COC(C)=O)[C@@H](O[C@@H]3OC(C)[C@@H](O)[C@@H](OCc4ccccc4)C3C)[C@H](C)C2N=[N+]=[N-])[C@@H](OCc2ccccc2)C1C. The van der Waals surface area contributed by atoms with Crippen molar-refractivity contribution in [2.24, 2.45) is 22.9 Å². The van der Waals surface area contributed by atoms with Crippen molar-refractivity contribution in [3.63, 3.8) is 0 Å². The van der Waals surface area contributed by atoms with E-state index in [1.165, 1.54) is 6.92 Å². The number of methoxy groups -OCH3 is 1. The molecule has 1 N–H and O–H groups in total. The van der Waals surface area contributed by atoms with Gasteiger partial charge in [-0.25, -0.2) is 0 Å². The molecule has 3 fully saturated rings. The molecule has 3 aliphatic heterocycles. The van der Waals surface area contributed by atoms with Crippen LogP contribution in [0.25, 0.3) is 10.4 Å². The average Bonchev–Trinajstić information content (AvgIpc) is 3.14. The Bertz CT molecular complexity index is 1450. The van der Waals surface area contributed by atoms with Gasteiger partial charge in [0, 0.05) is 30.8 Å². The summed E-state index contributed by atoms with van der Waals surface area (Å²) >= 11 is 0. The highest BCUT2D eigenvalue weighted by molar-refractivity contribution is 5.65. The third kappa shape index (κ3) is 9.69. The maximum atomic E-state index is 12.0. The van der Waals surface area contributed by atoms with Gasteiger partial charge in [-0.05, 0) is 36.4 Å². The number of hydrogen-bond acceptors (Lipinski definition) is 12.